The highest BCUT2D eigenvalue weighted by atomic mass is 16.8. The van der Waals surface area contributed by atoms with Crippen LogP contribution in [0.4, 0.5) is 11.4 Å². The maximum absolute atomic E-state index is 12.7. The first-order valence-electron chi connectivity index (χ1n) is 10.5. The van der Waals surface area contributed by atoms with Crippen molar-refractivity contribution in [1.29, 1.82) is 0 Å². The number of Topliss-reactive ketones (excluding diaryl/α,β-unsaturated/α-hetero) is 1. The van der Waals surface area contributed by atoms with Crippen LogP contribution in [0.15, 0.2) is 71.5 Å². The van der Waals surface area contributed by atoms with Gasteiger partial charge in [0.25, 0.3) is 11.5 Å². The number of benzene rings is 3. The van der Waals surface area contributed by atoms with Crippen molar-refractivity contribution in [3.63, 3.8) is 0 Å². The molecule has 1 unspecified atom stereocenters. The molecule has 3 aromatic carbocycles. The van der Waals surface area contributed by atoms with Gasteiger partial charge in [-0.05, 0) is 30.7 Å². The molecule has 0 aliphatic heterocycles. The van der Waals surface area contributed by atoms with Crippen molar-refractivity contribution in [2.45, 2.75) is 13.3 Å². The molecule has 0 bridgehead atoms. The summed E-state index contributed by atoms with van der Waals surface area (Å²) >= 11 is 0. The first-order chi connectivity index (χ1) is 16.7. The third-order valence-corrected chi connectivity index (χ3v) is 5.37. The minimum absolute atomic E-state index is 0.0453. The van der Waals surface area contributed by atoms with E-state index in [4.69, 9.17) is 5.21 Å². The minimum atomic E-state index is -1.17. The Hall–Kier alpha value is -4.51. The van der Waals surface area contributed by atoms with Crippen LogP contribution in [0.3, 0.4) is 0 Å². The number of rotatable bonds is 7. The number of fused-ring (bicyclic) bond motifs is 1. The molecule has 0 saturated carbocycles. The normalized spacial score (nSPS) is 11.7. The lowest BCUT2D eigenvalue weighted by atomic mass is 10.0. The molecule has 0 radical (unpaired) electrons. The Labute approximate surface area is 198 Å². The highest BCUT2D eigenvalue weighted by Gasteiger charge is 2.20. The number of anilines is 1. The molecule has 4 aromatic rings. The lowest BCUT2D eigenvalue weighted by molar-refractivity contribution is -0.991. The van der Waals surface area contributed by atoms with E-state index >= 15 is 0 Å². The summed E-state index contributed by atoms with van der Waals surface area (Å²) in [7, 11) is 0. The third kappa shape index (κ3) is 5.20. The Balaban J connectivity index is 1.53. The molecule has 0 spiro atoms. The molecule has 35 heavy (non-hydrogen) atoms. The topological polar surface area (TPSA) is 157 Å². The zero-order chi connectivity index (χ0) is 25.1. The van der Waals surface area contributed by atoms with Gasteiger partial charge in [-0.25, -0.2) is 10.2 Å². The first kappa shape index (κ1) is 23.6. The number of hydrogen-bond donors (Lipinski definition) is 4. The van der Waals surface area contributed by atoms with Crippen LogP contribution in [-0.2, 0) is 16.0 Å². The van der Waals surface area contributed by atoms with E-state index in [-0.39, 0.29) is 22.9 Å². The zero-order valence-corrected chi connectivity index (χ0v) is 18.5. The summed E-state index contributed by atoms with van der Waals surface area (Å²) in [5.74, 6) is -2.13. The van der Waals surface area contributed by atoms with E-state index in [9.17, 15) is 24.4 Å². The van der Waals surface area contributed by atoms with Gasteiger partial charge in [-0.1, -0.05) is 36.4 Å². The number of aryl methyl sites for hydroxylation is 1. The van der Waals surface area contributed by atoms with Crippen molar-refractivity contribution < 1.29 is 24.8 Å². The van der Waals surface area contributed by atoms with E-state index in [0.717, 1.165) is 0 Å². The second-order valence-electron chi connectivity index (χ2n) is 7.83. The number of nitrogens with one attached hydrogen (secondary N) is 3. The van der Waals surface area contributed by atoms with E-state index in [1.807, 2.05) is 0 Å². The fourth-order valence-corrected chi connectivity index (χ4v) is 3.46. The number of amides is 1. The average Bonchev–Trinajstić information content (AvgIpc) is 2.85. The smallest absolute Gasteiger partial charge is 0.292 e. The van der Waals surface area contributed by atoms with Gasteiger partial charge in [0.05, 0.1) is 23.1 Å². The highest BCUT2D eigenvalue weighted by Crippen LogP contribution is 2.18. The molecule has 10 heteroatoms. The molecule has 4 rings (SSSR count). The number of ketones is 2. The summed E-state index contributed by atoms with van der Waals surface area (Å²) in [5, 5.41) is 21.5. The van der Waals surface area contributed by atoms with Gasteiger partial charge in [0.15, 0.2) is 11.5 Å². The molecule has 1 aromatic heterocycles. The Morgan fingerprint density at radius 2 is 1.77 bits per heavy atom. The van der Waals surface area contributed by atoms with Crippen LogP contribution in [0.1, 0.15) is 27.2 Å². The molecule has 0 aliphatic carbocycles. The van der Waals surface area contributed by atoms with Crippen LogP contribution in [-0.4, -0.2) is 32.6 Å². The molecule has 10 nitrogen and oxygen atoms in total. The van der Waals surface area contributed by atoms with Crippen molar-refractivity contribution >= 4 is 39.9 Å². The number of carbonyl (C=O) groups excluding carboxylic acids is 3. The Morgan fingerprint density at radius 3 is 2.49 bits per heavy atom. The largest absolute Gasteiger partial charge is 0.595 e. The molecule has 1 amide bonds. The zero-order valence-electron chi connectivity index (χ0n) is 18.5. The number of aromatic amines is 1. The highest BCUT2D eigenvalue weighted by molar-refractivity contribution is 6.41. The van der Waals surface area contributed by atoms with Crippen molar-refractivity contribution in [2.75, 3.05) is 5.32 Å². The van der Waals surface area contributed by atoms with E-state index < -0.39 is 28.9 Å². The van der Waals surface area contributed by atoms with Gasteiger partial charge >= 0.3 is 0 Å². The van der Waals surface area contributed by atoms with Gasteiger partial charge in [0, 0.05) is 23.3 Å². The SMILES string of the molecule is Cc1ccc([NH+]([O-])O)cc1NC(=O)C(=O)Cc1nc2ccc(C(=O)c3ccccc3)cc2[nH]c1=O. The molecule has 0 fully saturated rings. The van der Waals surface area contributed by atoms with Crippen LogP contribution >= 0.6 is 0 Å². The summed E-state index contributed by atoms with van der Waals surface area (Å²) < 4.78 is 0. The molecular formula is C25H20N4O6. The van der Waals surface area contributed by atoms with Crippen LogP contribution in [0.2, 0.25) is 0 Å². The van der Waals surface area contributed by atoms with Gasteiger partial charge < -0.3 is 15.5 Å². The lowest BCUT2D eigenvalue weighted by Crippen LogP contribution is -2.99. The van der Waals surface area contributed by atoms with Crippen LogP contribution in [0.5, 0.6) is 0 Å². The monoisotopic (exact) mass is 472 g/mol. The van der Waals surface area contributed by atoms with Gasteiger partial charge in [-0.3, -0.25) is 19.2 Å². The van der Waals surface area contributed by atoms with Crippen molar-refractivity contribution in [2.24, 2.45) is 0 Å². The molecule has 1 atom stereocenters. The van der Waals surface area contributed by atoms with E-state index in [1.165, 1.54) is 24.3 Å². The summed E-state index contributed by atoms with van der Waals surface area (Å²) in [5.41, 5.74) is 1.42. The average molecular weight is 472 g/mol. The summed E-state index contributed by atoms with van der Waals surface area (Å²) in [6.45, 7) is 1.65. The van der Waals surface area contributed by atoms with Crippen LogP contribution in [0, 0.1) is 12.1 Å². The number of aromatic nitrogens is 2. The van der Waals surface area contributed by atoms with E-state index in [0.29, 0.717) is 27.7 Å². The van der Waals surface area contributed by atoms with E-state index in [1.54, 1.807) is 49.4 Å². The number of carbonyl (C=O) groups is 3. The fourth-order valence-electron chi connectivity index (χ4n) is 3.46. The van der Waals surface area contributed by atoms with E-state index in [2.05, 4.69) is 15.3 Å². The number of hydrogen-bond acceptors (Lipinski definition) is 7. The fraction of sp³-hybridized carbons (Fsp3) is 0.0800. The maximum atomic E-state index is 12.7. The van der Waals surface area contributed by atoms with Crippen molar-refractivity contribution in [1.82, 2.24) is 9.97 Å². The number of nitrogens with zero attached hydrogens (tertiary/aromatic N) is 1. The Morgan fingerprint density at radius 1 is 1.03 bits per heavy atom. The third-order valence-electron chi connectivity index (χ3n) is 5.37. The first-order valence-corrected chi connectivity index (χ1v) is 10.5. The predicted molar refractivity (Wildman–Crippen MR) is 127 cm³/mol. The summed E-state index contributed by atoms with van der Waals surface area (Å²) in [6.07, 6.45) is -0.556. The molecule has 176 valence electrons. The van der Waals surface area contributed by atoms with Crippen molar-refractivity contribution in [3.8, 4) is 0 Å². The molecule has 0 aliphatic rings. The van der Waals surface area contributed by atoms with Gasteiger partial charge in [-0.15, -0.1) is 0 Å². The van der Waals surface area contributed by atoms with Crippen LogP contribution < -0.4 is 16.1 Å². The van der Waals surface area contributed by atoms with Gasteiger partial charge in [0.2, 0.25) is 5.78 Å². The molecule has 1 heterocycles. The Bertz CT molecular complexity index is 1510. The van der Waals surface area contributed by atoms with Crippen molar-refractivity contribution in [3.05, 3.63) is 105 Å². The van der Waals surface area contributed by atoms with Gasteiger partial charge in [-0.2, -0.15) is 5.23 Å². The molecule has 4 N–H and O–H groups in total. The molecular weight excluding hydrogens is 452 g/mol. The lowest BCUT2D eigenvalue weighted by Gasteiger charge is -2.14. The van der Waals surface area contributed by atoms with Crippen LogP contribution in [0.25, 0.3) is 11.0 Å². The second-order valence-corrected chi connectivity index (χ2v) is 7.83. The second kappa shape index (κ2) is 9.77. The standard InChI is InChI=1S/C25H20N4O6/c1-14-7-9-17(29(34)35)12-19(14)27-25(33)22(30)13-21-24(32)28-20-11-16(8-10-18(20)26-21)23(31)15-5-3-2-4-6-15/h2-12,29,34H,13H2,1H3,(H,27,33)(H,28,32). The Kier molecular flexibility index (Phi) is 6.60. The van der Waals surface area contributed by atoms with Gasteiger partial charge in [0.1, 0.15) is 5.69 Å². The maximum Gasteiger partial charge on any atom is 0.292 e. The minimum Gasteiger partial charge on any atom is -0.595 e. The number of quaternary nitrogens is 1. The predicted octanol–water partition coefficient (Wildman–Crippen LogP) is 1.62. The molecule has 0 saturated heterocycles. The number of H-pyrrole nitrogens is 1. The summed E-state index contributed by atoms with van der Waals surface area (Å²) in [6, 6.07) is 17.4. The summed E-state index contributed by atoms with van der Waals surface area (Å²) in [4.78, 5) is 56.9. The quantitative estimate of drug-likeness (QED) is 0.181.